The van der Waals surface area contributed by atoms with Crippen molar-refractivity contribution in [2.24, 2.45) is 5.92 Å². The topological polar surface area (TPSA) is 72.6 Å². The van der Waals surface area contributed by atoms with Crippen LogP contribution in [0.5, 0.6) is 0 Å². The quantitative estimate of drug-likeness (QED) is 0.611. The highest BCUT2D eigenvalue weighted by atomic mass is 32.2. The van der Waals surface area contributed by atoms with Crippen LogP contribution in [0.1, 0.15) is 19.8 Å². The van der Waals surface area contributed by atoms with Gasteiger partial charge in [0.1, 0.15) is 11.3 Å². The Labute approximate surface area is 144 Å². The molecule has 7 heteroatoms. The average Bonchev–Trinajstić information content (AvgIpc) is 3.00. The predicted molar refractivity (Wildman–Crippen MR) is 90.7 cm³/mol. The second-order valence-electron chi connectivity index (χ2n) is 5.98. The summed E-state index contributed by atoms with van der Waals surface area (Å²) in [6, 6.07) is 7.41. The molecular formula is C17H20N2O4S. The Morgan fingerprint density at radius 3 is 3.04 bits per heavy atom. The fourth-order valence-corrected chi connectivity index (χ4v) is 3.36. The van der Waals surface area contributed by atoms with Gasteiger partial charge < -0.3 is 14.1 Å². The molecule has 0 radical (unpaired) electrons. The van der Waals surface area contributed by atoms with Gasteiger partial charge in [0.2, 0.25) is 0 Å². The summed E-state index contributed by atoms with van der Waals surface area (Å²) < 4.78 is 10.6. The Hall–Kier alpha value is -2.02. The molecule has 2 aromatic rings. The van der Waals surface area contributed by atoms with E-state index in [1.54, 1.807) is 4.90 Å². The lowest BCUT2D eigenvalue weighted by molar-refractivity contribution is -0.150. The number of esters is 1. The van der Waals surface area contributed by atoms with Crippen molar-refractivity contribution in [1.82, 2.24) is 9.88 Å². The number of likely N-dealkylation sites (tertiary alicyclic amines) is 1. The minimum atomic E-state index is -0.444. The third-order valence-electron chi connectivity index (χ3n) is 3.95. The fraction of sp³-hybridized carbons (Fsp3) is 0.471. The Kier molecular flexibility index (Phi) is 5.40. The molecule has 1 aromatic heterocycles. The summed E-state index contributed by atoms with van der Waals surface area (Å²) >= 11 is 1.16. The highest BCUT2D eigenvalue weighted by Gasteiger charge is 2.22. The van der Waals surface area contributed by atoms with Gasteiger partial charge in [0.25, 0.3) is 11.1 Å². The number of oxazole rings is 1. The number of ether oxygens (including phenoxy) is 1. The smallest absolute Gasteiger partial charge is 0.316 e. The van der Waals surface area contributed by atoms with Crippen LogP contribution in [0.4, 0.5) is 0 Å². The number of carbonyl (C=O) groups excluding carboxylic acids is 2. The first-order valence-electron chi connectivity index (χ1n) is 8.03. The zero-order chi connectivity index (χ0) is 16.9. The number of thioether (sulfide) groups is 1. The third kappa shape index (κ3) is 4.29. The minimum absolute atomic E-state index is 0.0660. The van der Waals surface area contributed by atoms with Gasteiger partial charge in [-0.05, 0) is 30.9 Å². The molecule has 2 heterocycles. The summed E-state index contributed by atoms with van der Waals surface area (Å²) in [5.41, 5.74) is 1.44. The highest BCUT2D eigenvalue weighted by Crippen LogP contribution is 2.23. The van der Waals surface area contributed by atoms with E-state index in [2.05, 4.69) is 11.9 Å². The number of benzene rings is 1. The minimum Gasteiger partial charge on any atom is -0.455 e. The van der Waals surface area contributed by atoms with E-state index in [4.69, 9.17) is 9.15 Å². The van der Waals surface area contributed by atoms with Crippen molar-refractivity contribution in [2.75, 3.05) is 25.4 Å². The summed E-state index contributed by atoms with van der Waals surface area (Å²) in [6.07, 6.45) is 2.15. The maximum absolute atomic E-state index is 12.1. The molecule has 0 spiro atoms. The molecule has 1 amide bonds. The second-order valence-corrected chi connectivity index (χ2v) is 6.91. The molecule has 128 valence electrons. The number of piperidine rings is 1. The second kappa shape index (κ2) is 7.70. The first kappa shape index (κ1) is 16.8. The molecule has 1 atom stereocenters. The van der Waals surface area contributed by atoms with E-state index >= 15 is 0 Å². The molecule has 1 aromatic carbocycles. The van der Waals surface area contributed by atoms with Crippen molar-refractivity contribution < 1.29 is 18.7 Å². The van der Waals surface area contributed by atoms with E-state index in [1.807, 2.05) is 24.3 Å². The number of hydrogen-bond acceptors (Lipinski definition) is 6. The van der Waals surface area contributed by atoms with E-state index in [1.165, 1.54) is 0 Å². The van der Waals surface area contributed by atoms with E-state index in [0.717, 1.165) is 43.2 Å². The third-order valence-corrected chi connectivity index (χ3v) is 4.76. The molecule has 0 N–H and O–H groups in total. The summed E-state index contributed by atoms with van der Waals surface area (Å²) in [5.74, 6) is 0.00629. The molecule has 24 heavy (non-hydrogen) atoms. The van der Waals surface area contributed by atoms with Crippen molar-refractivity contribution in [2.45, 2.75) is 25.0 Å². The van der Waals surface area contributed by atoms with Crippen molar-refractivity contribution in [3.8, 4) is 0 Å². The van der Waals surface area contributed by atoms with Crippen LogP contribution in [0.25, 0.3) is 11.1 Å². The highest BCUT2D eigenvalue weighted by molar-refractivity contribution is 7.99. The van der Waals surface area contributed by atoms with Gasteiger partial charge in [0, 0.05) is 13.1 Å². The van der Waals surface area contributed by atoms with Gasteiger partial charge in [-0.2, -0.15) is 0 Å². The Bertz CT molecular complexity index is 697. The van der Waals surface area contributed by atoms with E-state index in [-0.39, 0.29) is 18.3 Å². The zero-order valence-corrected chi connectivity index (χ0v) is 14.4. The van der Waals surface area contributed by atoms with Gasteiger partial charge in [-0.25, -0.2) is 4.98 Å². The summed E-state index contributed by atoms with van der Waals surface area (Å²) in [6.45, 7) is 3.43. The van der Waals surface area contributed by atoms with Crippen LogP contribution in [0.2, 0.25) is 0 Å². The Morgan fingerprint density at radius 2 is 2.25 bits per heavy atom. The first-order chi connectivity index (χ1) is 11.6. The van der Waals surface area contributed by atoms with Crippen LogP contribution < -0.4 is 0 Å². The van der Waals surface area contributed by atoms with Crippen molar-refractivity contribution >= 4 is 34.7 Å². The molecule has 0 bridgehead atoms. The number of rotatable bonds is 5. The number of fused-ring (bicyclic) bond motifs is 1. The molecule has 1 saturated heterocycles. The SMILES string of the molecule is C[C@H]1CCCN(C(=O)COC(=O)CSc2nc3ccccc3o2)C1. The van der Waals surface area contributed by atoms with Gasteiger partial charge in [0.15, 0.2) is 12.2 Å². The molecule has 0 saturated carbocycles. The van der Waals surface area contributed by atoms with E-state index in [9.17, 15) is 9.59 Å². The summed E-state index contributed by atoms with van der Waals surface area (Å²) in [5, 5.41) is 0.421. The average molecular weight is 348 g/mol. The van der Waals surface area contributed by atoms with Crippen LogP contribution in [0.3, 0.4) is 0 Å². The number of hydrogen-bond donors (Lipinski definition) is 0. The summed E-state index contributed by atoms with van der Waals surface area (Å²) in [7, 11) is 0. The lowest BCUT2D eigenvalue weighted by atomic mass is 10.0. The number of nitrogens with zero attached hydrogens (tertiary/aromatic N) is 2. The molecule has 3 rings (SSSR count). The lowest BCUT2D eigenvalue weighted by Crippen LogP contribution is -2.41. The van der Waals surface area contributed by atoms with Gasteiger partial charge in [0.05, 0.1) is 0 Å². The lowest BCUT2D eigenvalue weighted by Gasteiger charge is -2.30. The summed E-state index contributed by atoms with van der Waals surface area (Å²) in [4.78, 5) is 29.9. The molecule has 1 fully saturated rings. The maximum atomic E-state index is 12.1. The van der Waals surface area contributed by atoms with Crippen molar-refractivity contribution in [3.05, 3.63) is 24.3 Å². The van der Waals surface area contributed by atoms with Crippen LogP contribution in [0.15, 0.2) is 33.9 Å². The molecule has 1 aliphatic heterocycles. The normalized spacial score (nSPS) is 17.9. The molecule has 6 nitrogen and oxygen atoms in total. The van der Waals surface area contributed by atoms with E-state index < -0.39 is 5.97 Å². The maximum Gasteiger partial charge on any atom is 0.316 e. The number of para-hydroxylation sites is 2. The monoisotopic (exact) mass is 348 g/mol. The molecule has 0 unspecified atom stereocenters. The fourth-order valence-electron chi connectivity index (χ4n) is 2.72. The largest absolute Gasteiger partial charge is 0.455 e. The van der Waals surface area contributed by atoms with Crippen LogP contribution in [-0.4, -0.2) is 47.2 Å². The number of aromatic nitrogens is 1. The van der Waals surface area contributed by atoms with Gasteiger partial charge >= 0.3 is 5.97 Å². The molecule has 0 aliphatic carbocycles. The number of amides is 1. The molecule has 1 aliphatic rings. The van der Waals surface area contributed by atoms with Gasteiger partial charge in [-0.3, -0.25) is 9.59 Å². The van der Waals surface area contributed by atoms with Gasteiger partial charge in [-0.1, -0.05) is 30.8 Å². The first-order valence-corrected chi connectivity index (χ1v) is 9.02. The number of carbonyl (C=O) groups is 2. The Morgan fingerprint density at radius 1 is 1.42 bits per heavy atom. The van der Waals surface area contributed by atoms with Crippen LogP contribution >= 0.6 is 11.8 Å². The molecular weight excluding hydrogens is 328 g/mol. The van der Waals surface area contributed by atoms with Crippen molar-refractivity contribution in [3.63, 3.8) is 0 Å². The predicted octanol–water partition coefficient (Wildman–Crippen LogP) is 2.72. The van der Waals surface area contributed by atoms with Gasteiger partial charge in [-0.15, -0.1) is 0 Å². The zero-order valence-electron chi connectivity index (χ0n) is 13.6. The van der Waals surface area contributed by atoms with Crippen LogP contribution in [-0.2, 0) is 14.3 Å². The van der Waals surface area contributed by atoms with E-state index in [0.29, 0.717) is 16.7 Å². The van der Waals surface area contributed by atoms with Crippen molar-refractivity contribution in [1.29, 1.82) is 0 Å². The van der Waals surface area contributed by atoms with Crippen LogP contribution in [0, 0.1) is 5.92 Å². The standard InChI is InChI=1S/C17H20N2O4S/c1-12-5-4-8-19(9-12)15(20)10-22-16(21)11-24-17-18-13-6-2-3-7-14(13)23-17/h2-3,6-7,12H,4-5,8-11H2,1H3/t12-/m0/s1. The Balaban J connectivity index is 1.43.